The summed E-state index contributed by atoms with van der Waals surface area (Å²) in [5.74, 6) is 0.173. The third-order valence-electron chi connectivity index (χ3n) is 5.29. The van der Waals surface area contributed by atoms with Gasteiger partial charge in [-0.3, -0.25) is 4.79 Å². The van der Waals surface area contributed by atoms with E-state index in [-0.39, 0.29) is 18.4 Å². The summed E-state index contributed by atoms with van der Waals surface area (Å²) in [5.41, 5.74) is 4.53. The molecule has 3 nitrogen and oxygen atoms in total. The second-order valence-electron chi connectivity index (χ2n) is 7.24. The van der Waals surface area contributed by atoms with E-state index in [1.54, 1.807) is 0 Å². The maximum Gasteiger partial charge on any atom is 0.348 e. The first-order valence-corrected chi connectivity index (χ1v) is 9.85. The predicted octanol–water partition coefficient (Wildman–Crippen LogP) is 4.40. The Bertz CT molecular complexity index is 834. The van der Waals surface area contributed by atoms with Crippen LogP contribution in [-0.2, 0) is 30.4 Å². The lowest BCUT2D eigenvalue weighted by Crippen LogP contribution is -2.13. The van der Waals surface area contributed by atoms with Crippen molar-refractivity contribution in [2.45, 2.75) is 45.4 Å². The summed E-state index contributed by atoms with van der Waals surface area (Å²) in [7, 11) is 0. The summed E-state index contributed by atoms with van der Waals surface area (Å²) in [4.78, 5) is 26.6. The van der Waals surface area contributed by atoms with Crippen LogP contribution in [0.2, 0.25) is 0 Å². The van der Waals surface area contributed by atoms with Gasteiger partial charge in [0.2, 0.25) is 0 Å². The van der Waals surface area contributed by atoms with Crippen molar-refractivity contribution >= 4 is 23.1 Å². The second kappa shape index (κ2) is 6.75. The molecule has 0 radical (unpaired) electrons. The molecule has 0 bridgehead atoms. The first-order valence-electron chi connectivity index (χ1n) is 9.04. The van der Waals surface area contributed by atoms with E-state index in [1.807, 2.05) is 24.3 Å². The molecule has 0 saturated carbocycles. The number of fused-ring (bicyclic) bond motifs is 2. The number of esters is 1. The summed E-state index contributed by atoms with van der Waals surface area (Å²) >= 11 is 1.52. The number of rotatable bonds is 4. The molecule has 0 N–H and O–H groups in total. The van der Waals surface area contributed by atoms with Gasteiger partial charge in [-0.25, -0.2) is 4.79 Å². The highest BCUT2D eigenvalue weighted by molar-refractivity contribution is 7.14. The fraction of sp³-hybridized carbons (Fsp3) is 0.429. The van der Waals surface area contributed by atoms with Gasteiger partial charge in [-0.1, -0.05) is 19.1 Å². The zero-order valence-corrected chi connectivity index (χ0v) is 15.3. The van der Waals surface area contributed by atoms with Crippen LogP contribution in [0, 0.1) is 5.92 Å². The number of benzene rings is 1. The van der Waals surface area contributed by atoms with E-state index in [9.17, 15) is 9.59 Å². The van der Waals surface area contributed by atoms with Gasteiger partial charge >= 0.3 is 5.97 Å². The first-order chi connectivity index (χ1) is 12.1. The molecule has 1 aromatic heterocycles. The van der Waals surface area contributed by atoms with E-state index in [1.165, 1.54) is 39.3 Å². The van der Waals surface area contributed by atoms with Crippen LogP contribution in [0.25, 0.3) is 0 Å². The van der Waals surface area contributed by atoms with E-state index in [0.717, 1.165) is 32.1 Å². The highest BCUT2D eigenvalue weighted by atomic mass is 32.1. The largest absolute Gasteiger partial charge is 0.453 e. The van der Waals surface area contributed by atoms with Crippen LogP contribution in [0.4, 0.5) is 0 Å². The first kappa shape index (κ1) is 16.5. The molecule has 2 aliphatic rings. The molecule has 1 aromatic carbocycles. The van der Waals surface area contributed by atoms with Crippen molar-refractivity contribution in [3.05, 3.63) is 56.3 Å². The molecule has 0 saturated heterocycles. The van der Waals surface area contributed by atoms with Crippen LogP contribution in [-0.4, -0.2) is 18.4 Å². The number of ether oxygens (including phenoxy) is 1. The van der Waals surface area contributed by atoms with E-state index < -0.39 is 0 Å². The smallest absolute Gasteiger partial charge is 0.348 e. The molecule has 4 rings (SSSR count). The molecule has 0 spiro atoms. The Morgan fingerprint density at radius 1 is 1.12 bits per heavy atom. The zero-order chi connectivity index (χ0) is 17.4. The number of hydrogen-bond donors (Lipinski definition) is 0. The lowest BCUT2D eigenvalue weighted by atomic mass is 9.90. The maximum absolute atomic E-state index is 12.3. The van der Waals surface area contributed by atoms with Gasteiger partial charge in [-0.15, -0.1) is 11.3 Å². The minimum Gasteiger partial charge on any atom is -0.453 e. The molecular formula is C21H22O3S. The van der Waals surface area contributed by atoms with E-state index in [4.69, 9.17) is 4.74 Å². The minimum atomic E-state index is -0.374. The molecule has 4 heteroatoms. The Labute approximate surface area is 152 Å². The summed E-state index contributed by atoms with van der Waals surface area (Å²) in [6.45, 7) is 2.06. The Morgan fingerprint density at radius 2 is 1.96 bits per heavy atom. The summed E-state index contributed by atoms with van der Waals surface area (Å²) in [6.07, 6.45) is 6.55. The fourth-order valence-electron chi connectivity index (χ4n) is 3.84. The minimum absolute atomic E-state index is 0.127. The number of ketones is 1. The molecule has 0 amide bonds. The highest BCUT2D eigenvalue weighted by Crippen LogP contribution is 2.32. The van der Waals surface area contributed by atoms with E-state index in [2.05, 4.69) is 6.92 Å². The lowest BCUT2D eigenvalue weighted by molar-refractivity contribution is 0.0479. The maximum atomic E-state index is 12.3. The van der Waals surface area contributed by atoms with Crippen molar-refractivity contribution in [1.82, 2.24) is 0 Å². The van der Waals surface area contributed by atoms with Gasteiger partial charge in [0.1, 0.15) is 4.88 Å². The number of carbonyl (C=O) groups excluding carboxylic acids is 2. The lowest BCUT2D eigenvalue weighted by Gasteiger charge is -2.16. The zero-order valence-electron chi connectivity index (χ0n) is 14.5. The van der Waals surface area contributed by atoms with Gasteiger partial charge in [-0.05, 0) is 73.3 Å². The number of hydrogen-bond acceptors (Lipinski definition) is 4. The van der Waals surface area contributed by atoms with E-state index in [0.29, 0.717) is 16.4 Å². The van der Waals surface area contributed by atoms with Crippen LogP contribution in [0.15, 0.2) is 24.3 Å². The highest BCUT2D eigenvalue weighted by Gasteiger charge is 2.22. The second-order valence-corrected chi connectivity index (χ2v) is 8.38. The number of Topliss-reactive ketones (excluding diaryl/α,β-unsaturated/α-hetero) is 1. The average Bonchev–Trinajstić information content (AvgIpc) is 3.24. The summed E-state index contributed by atoms with van der Waals surface area (Å²) < 4.78 is 5.29. The molecule has 130 valence electrons. The summed E-state index contributed by atoms with van der Waals surface area (Å²) in [5, 5.41) is 0. The van der Waals surface area contributed by atoms with Crippen molar-refractivity contribution in [2.24, 2.45) is 5.92 Å². The van der Waals surface area contributed by atoms with Gasteiger partial charge in [0, 0.05) is 10.4 Å². The standard InChI is InChI=1S/C21H22O3S/c1-13-5-8-19-17(9-13)11-20(25-19)21(23)24-12-18(22)16-7-6-14-3-2-4-15(14)10-16/h6-7,10-11,13H,2-5,8-9,12H2,1H3/t13-/m0/s1. The van der Waals surface area contributed by atoms with Crippen LogP contribution >= 0.6 is 11.3 Å². The van der Waals surface area contributed by atoms with Gasteiger partial charge in [-0.2, -0.15) is 0 Å². The van der Waals surface area contributed by atoms with Crippen molar-refractivity contribution in [3.8, 4) is 0 Å². The molecule has 1 heterocycles. The monoisotopic (exact) mass is 354 g/mol. The molecular weight excluding hydrogens is 332 g/mol. The Balaban J connectivity index is 1.39. The Kier molecular flexibility index (Phi) is 4.46. The molecule has 0 unspecified atom stereocenters. The van der Waals surface area contributed by atoms with Crippen LogP contribution < -0.4 is 0 Å². The number of carbonyl (C=O) groups is 2. The molecule has 25 heavy (non-hydrogen) atoms. The van der Waals surface area contributed by atoms with Crippen LogP contribution in [0.3, 0.4) is 0 Å². The predicted molar refractivity (Wildman–Crippen MR) is 98.6 cm³/mol. The fourth-order valence-corrected chi connectivity index (χ4v) is 4.94. The average molecular weight is 354 g/mol. The number of aryl methyl sites for hydroxylation is 3. The van der Waals surface area contributed by atoms with Gasteiger partial charge < -0.3 is 4.74 Å². The van der Waals surface area contributed by atoms with Gasteiger partial charge in [0.05, 0.1) is 0 Å². The van der Waals surface area contributed by atoms with Crippen LogP contribution in [0.5, 0.6) is 0 Å². The molecule has 1 atom stereocenters. The Morgan fingerprint density at radius 3 is 2.84 bits per heavy atom. The van der Waals surface area contributed by atoms with Crippen molar-refractivity contribution < 1.29 is 14.3 Å². The molecule has 0 fully saturated rings. The number of thiophene rings is 1. The quantitative estimate of drug-likeness (QED) is 0.604. The van der Waals surface area contributed by atoms with Crippen LogP contribution in [0.1, 0.15) is 61.4 Å². The van der Waals surface area contributed by atoms with Crippen molar-refractivity contribution in [2.75, 3.05) is 6.61 Å². The molecule has 2 aromatic rings. The topological polar surface area (TPSA) is 43.4 Å². The van der Waals surface area contributed by atoms with Gasteiger partial charge in [0.15, 0.2) is 12.4 Å². The van der Waals surface area contributed by atoms with E-state index >= 15 is 0 Å². The molecule has 0 aliphatic heterocycles. The normalized spacial score (nSPS) is 18.5. The SMILES string of the molecule is C[C@H]1CCc2sc(C(=O)OCC(=O)c3ccc4c(c3)CCC4)cc2C1. The third kappa shape index (κ3) is 3.40. The third-order valence-corrected chi connectivity index (χ3v) is 6.50. The van der Waals surface area contributed by atoms with Gasteiger partial charge in [0.25, 0.3) is 0 Å². The Hall–Kier alpha value is -1.94. The van der Waals surface area contributed by atoms with Crippen molar-refractivity contribution in [3.63, 3.8) is 0 Å². The van der Waals surface area contributed by atoms with Crippen molar-refractivity contribution in [1.29, 1.82) is 0 Å². The summed E-state index contributed by atoms with van der Waals surface area (Å²) in [6, 6.07) is 7.80. The molecule has 2 aliphatic carbocycles.